The van der Waals surface area contributed by atoms with Crippen LogP contribution in [0.2, 0.25) is 0 Å². The van der Waals surface area contributed by atoms with Gasteiger partial charge in [-0.25, -0.2) is 9.37 Å². The standard InChI is InChI=1S/C14H15FN2O/c1-3-16-14-6-4-5-13(17-14)11-8-7-10(18-2)9-12(11)15/h4-9H,3H2,1-2H3,(H,16,17). The summed E-state index contributed by atoms with van der Waals surface area (Å²) < 4.78 is 18.9. The SMILES string of the molecule is CCNc1cccc(-c2ccc(OC)cc2F)n1. The molecule has 0 unspecified atom stereocenters. The lowest BCUT2D eigenvalue weighted by molar-refractivity contribution is 0.411. The highest BCUT2D eigenvalue weighted by Gasteiger charge is 2.08. The third-order valence-corrected chi connectivity index (χ3v) is 2.56. The summed E-state index contributed by atoms with van der Waals surface area (Å²) in [4.78, 5) is 4.36. The molecule has 0 amide bonds. The Hall–Kier alpha value is -2.10. The molecule has 1 aromatic heterocycles. The number of halogens is 1. The molecule has 4 heteroatoms. The molecule has 2 rings (SSSR count). The second-order valence-corrected chi connectivity index (χ2v) is 3.78. The molecule has 1 N–H and O–H groups in total. The molecule has 1 aromatic carbocycles. The first kappa shape index (κ1) is 12.4. The average molecular weight is 246 g/mol. The van der Waals surface area contributed by atoms with Crippen LogP contribution in [-0.2, 0) is 0 Å². The number of nitrogens with one attached hydrogen (secondary N) is 1. The summed E-state index contributed by atoms with van der Waals surface area (Å²) in [6, 6.07) is 10.2. The van der Waals surface area contributed by atoms with Gasteiger partial charge in [-0.15, -0.1) is 0 Å². The quantitative estimate of drug-likeness (QED) is 0.898. The minimum absolute atomic E-state index is 0.338. The fourth-order valence-corrected chi connectivity index (χ4v) is 1.69. The van der Waals surface area contributed by atoms with Crippen LogP contribution in [0.15, 0.2) is 36.4 Å². The molecule has 0 fully saturated rings. The van der Waals surface area contributed by atoms with E-state index < -0.39 is 0 Å². The Balaban J connectivity index is 2.38. The molecule has 18 heavy (non-hydrogen) atoms. The summed E-state index contributed by atoms with van der Waals surface area (Å²) in [5.41, 5.74) is 1.07. The first-order valence-electron chi connectivity index (χ1n) is 5.79. The molecule has 0 saturated heterocycles. The molecular formula is C14H15FN2O. The van der Waals surface area contributed by atoms with Crippen molar-refractivity contribution in [1.82, 2.24) is 4.98 Å². The number of anilines is 1. The number of rotatable bonds is 4. The third-order valence-electron chi connectivity index (χ3n) is 2.56. The van der Waals surface area contributed by atoms with Gasteiger partial charge in [0.05, 0.1) is 12.8 Å². The van der Waals surface area contributed by atoms with Gasteiger partial charge in [0, 0.05) is 18.2 Å². The lowest BCUT2D eigenvalue weighted by Crippen LogP contribution is -2.00. The summed E-state index contributed by atoms with van der Waals surface area (Å²) in [6.45, 7) is 2.77. The number of aromatic nitrogens is 1. The van der Waals surface area contributed by atoms with Crippen LogP contribution in [0.5, 0.6) is 5.75 Å². The zero-order chi connectivity index (χ0) is 13.0. The molecule has 0 aliphatic heterocycles. The van der Waals surface area contributed by atoms with Gasteiger partial charge in [0.1, 0.15) is 17.4 Å². The first-order chi connectivity index (χ1) is 8.74. The van der Waals surface area contributed by atoms with Crippen molar-refractivity contribution in [3.05, 3.63) is 42.2 Å². The van der Waals surface area contributed by atoms with E-state index in [1.807, 2.05) is 19.1 Å². The van der Waals surface area contributed by atoms with Crippen LogP contribution in [0.25, 0.3) is 11.3 Å². The van der Waals surface area contributed by atoms with Crippen molar-refractivity contribution in [3.8, 4) is 17.0 Å². The summed E-state index contributed by atoms with van der Waals surface area (Å²) >= 11 is 0. The highest BCUT2D eigenvalue weighted by molar-refractivity contribution is 5.63. The molecule has 2 aromatic rings. The molecule has 0 radical (unpaired) electrons. The Kier molecular flexibility index (Phi) is 3.77. The molecule has 0 bridgehead atoms. The maximum absolute atomic E-state index is 13.9. The second kappa shape index (κ2) is 5.49. The summed E-state index contributed by atoms with van der Waals surface area (Å²) in [5.74, 6) is 0.903. The van der Waals surface area contributed by atoms with Crippen LogP contribution in [0.3, 0.4) is 0 Å². The smallest absolute Gasteiger partial charge is 0.136 e. The number of pyridine rings is 1. The van der Waals surface area contributed by atoms with Crippen LogP contribution < -0.4 is 10.1 Å². The predicted molar refractivity (Wildman–Crippen MR) is 70.3 cm³/mol. The van der Waals surface area contributed by atoms with Crippen LogP contribution in [0.1, 0.15) is 6.92 Å². The van der Waals surface area contributed by atoms with Crippen molar-refractivity contribution in [2.75, 3.05) is 19.0 Å². The van der Waals surface area contributed by atoms with Gasteiger partial charge < -0.3 is 10.1 Å². The van der Waals surface area contributed by atoms with Crippen LogP contribution in [0, 0.1) is 5.82 Å². The number of hydrogen-bond acceptors (Lipinski definition) is 3. The number of methoxy groups -OCH3 is 1. The minimum atomic E-state index is -0.338. The van der Waals surface area contributed by atoms with E-state index in [1.54, 1.807) is 18.2 Å². The van der Waals surface area contributed by atoms with Gasteiger partial charge in [-0.05, 0) is 31.2 Å². The summed E-state index contributed by atoms with van der Waals surface area (Å²) in [5, 5.41) is 3.10. The Bertz CT molecular complexity index is 543. The lowest BCUT2D eigenvalue weighted by Gasteiger charge is -2.07. The van der Waals surface area contributed by atoms with Gasteiger partial charge in [0.25, 0.3) is 0 Å². The highest BCUT2D eigenvalue weighted by atomic mass is 19.1. The molecule has 0 aliphatic carbocycles. The molecule has 3 nitrogen and oxygen atoms in total. The highest BCUT2D eigenvalue weighted by Crippen LogP contribution is 2.25. The van der Waals surface area contributed by atoms with Crippen LogP contribution in [0.4, 0.5) is 10.2 Å². The van der Waals surface area contributed by atoms with Crippen molar-refractivity contribution in [3.63, 3.8) is 0 Å². The monoisotopic (exact) mass is 246 g/mol. The van der Waals surface area contributed by atoms with Gasteiger partial charge in [-0.3, -0.25) is 0 Å². The molecule has 94 valence electrons. The average Bonchev–Trinajstić information content (AvgIpc) is 2.39. The van der Waals surface area contributed by atoms with Crippen molar-refractivity contribution < 1.29 is 9.13 Å². The van der Waals surface area contributed by atoms with Crippen LogP contribution in [-0.4, -0.2) is 18.6 Å². The van der Waals surface area contributed by atoms with Gasteiger partial charge in [0.2, 0.25) is 0 Å². The van der Waals surface area contributed by atoms with Crippen molar-refractivity contribution in [2.45, 2.75) is 6.92 Å². The van der Waals surface area contributed by atoms with E-state index in [1.165, 1.54) is 13.2 Å². The number of nitrogens with zero attached hydrogens (tertiary/aromatic N) is 1. The van der Waals surface area contributed by atoms with Gasteiger partial charge in [0.15, 0.2) is 0 Å². The Morgan fingerprint density at radius 3 is 2.78 bits per heavy atom. The van der Waals surface area contributed by atoms with Gasteiger partial charge in [-0.2, -0.15) is 0 Å². The van der Waals surface area contributed by atoms with E-state index in [0.717, 1.165) is 12.4 Å². The zero-order valence-corrected chi connectivity index (χ0v) is 10.4. The van der Waals surface area contributed by atoms with Gasteiger partial charge >= 0.3 is 0 Å². The first-order valence-corrected chi connectivity index (χ1v) is 5.79. The lowest BCUT2D eigenvalue weighted by atomic mass is 10.1. The maximum atomic E-state index is 13.9. The maximum Gasteiger partial charge on any atom is 0.136 e. The second-order valence-electron chi connectivity index (χ2n) is 3.78. The van der Waals surface area contributed by atoms with E-state index in [4.69, 9.17) is 4.74 Å². The fraction of sp³-hybridized carbons (Fsp3) is 0.214. The molecule has 1 heterocycles. The van der Waals surface area contributed by atoms with E-state index >= 15 is 0 Å². The predicted octanol–water partition coefficient (Wildman–Crippen LogP) is 3.33. The van der Waals surface area contributed by atoms with Gasteiger partial charge in [-0.1, -0.05) is 6.07 Å². The van der Waals surface area contributed by atoms with Crippen LogP contribution >= 0.6 is 0 Å². The van der Waals surface area contributed by atoms with E-state index in [9.17, 15) is 4.39 Å². The largest absolute Gasteiger partial charge is 0.497 e. The molecule has 0 saturated carbocycles. The zero-order valence-electron chi connectivity index (χ0n) is 10.4. The summed E-state index contributed by atoms with van der Waals surface area (Å²) in [6.07, 6.45) is 0. The normalized spacial score (nSPS) is 10.2. The molecule has 0 aliphatic rings. The Morgan fingerprint density at radius 1 is 1.28 bits per heavy atom. The topological polar surface area (TPSA) is 34.1 Å². The van der Waals surface area contributed by atoms with E-state index in [-0.39, 0.29) is 5.82 Å². The minimum Gasteiger partial charge on any atom is -0.497 e. The number of benzene rings is 1. The number of hydrogen-bond donors (Lipinski definition) is 1. The summed E-state index contributed by atoms with van der Waals surface area (Å²) in [7, 11) is 1.51. The third kappa shape index (κ3) is 2.59. The Labute approximate surface area is 106 Å². The Morgan fingerprint density at radius 2 is 2.11 bits per heavy atom. The molecule has 0 spiro atoms. The van der Waals surface area contributed by atoms with E-state index in [2.05, 4.69) is 10.3 Å². The fourth-order valence-electron chi connectivity index (χ4n) is 1.69. The number of ether oxygens (including phenoxy) is 1. The van der Waals surface area contributed by atoms with Crippen molar-refractivity contribution >= 4 is 5.82 Å². The van der Waals surface area contributed by atoms with Crippen molar-refractivity contribution in [2.24, 2.45) is 0 Å². The van der Waals surface area contributed by atoms with Crippen molar-refractivity contribution in [1.29, 1.82) is 0 Å². The molecular weight excluding hydrogens is 231 g/mol. The molecule has 0 atom stereocenters. The van der Waals surface area contributed by atoms with E-state index in [0.29, 0.717) is 17.0 Å².